The Bertz CT molecular complexity index is 547. The van der Waals surface area contributed by atoms with Crippen LogP contribution in [0.5, 0.6) is 11.5 Å². The zero-order valence-electron chi connectivity index (χ0n) is 12.6. The molecule has 110 valence electrons. The fourth-order valence-electron chi connectivity index (χ4n) is 1.72. The number of benzene rings is 1. The molecule has 0 aliphatic heterocycles. The van der Waals surface area contributed by atoms with Gasteiger partial charge in [-0.2, -0.15) is 5.26 Å². The summed E-state index contributed by atoms with van der Waals surface area (Å²) in [6.07, 6.45) is 0.587. The minimum Gasteiger partial charge on any atom is -0.493 e. The van der Waals surface area contributed by atoms with Crippen molar-refractivity contribution in [2.45, 2.75) is 32.1 Å². The highest BCUT2D eigenvalue weighted by atomic mass is 32.2. The second-order valence-electron chi connectivity index (χ2n) is 5.27. The highest BCUT2D eigenvalue weighted by Crippen LogP contribution is 2.32. The lowest BCUT2D eigenvalue weighted by molar-refractivity contribution is 0.353. The second kappa shape index (κ2) is 6.76. The van der Waals surface area contributed by atoms with Gasteiger partial charge in [0.25, 0.3) is 0 Å². The Morgan fingerprint density at radius 1 is 1.25 bits per heavy atom. The summed E-state index contributed by atoms with van der Waals surface area (Å²) in [5, 5.41) is 9.00. The molecule has 0 aliphatic rings. The van der Waals surface area contributed by atoms with Crippen molar-refractivity contribution >= 4 is 10.8 Å². The minimum atomic E-state index is -1.15. The van der Waals surface area contributed by atoms with E-state index in [1.807, 2.05) is 26.8 Å². The Morgan fingerprint density at radius 3 is 2.30 bits per heavy atom. The van der Waals surface area contributed by atoms with Crippen LogP contribution in [-0.2, 0) is 10.8 Å². The lowest BCUT2D eigenvalue weighted by Crippen LogP contribution is -2.13. The van der Waals surface area contributed by atoms with E-state index in [2.05, 4.69) is 6.07 Å². The molecule has 0 heterocycles. The van der Waals surface area contributed by atoms with E-state index in [1.165, 1.54) is 0 Å². The van der Waals surface area contributed by atoms with Crippen LogP contribution in [0.1, 0.15) is 25.8 Å². The average molecular weight is 295 g/mol. The van der Waals surface area contributed by atoms with Crippen LogP contribution in [0, 0.1) is 23.7 Å². The first-order valence-corrected chi connectivity index (χ1v) is 7.69. The molecule has 0 saturated heterocycles. The van der Waals surface area contributed by atoms with Crippen LogP contribution in [0.3, 0.4) is 0 Å². The van der Waals surface area contributed by atoms with E-state index in [9.17, 15) is 4.21 Å². The van der Waals surface area contributed by atoms with Crippen LogP contribution in [-0.4, -0.2) is 24.2 Å². The van der Waals surface area contributed by atoms with Crippen molar-refractivity contribution in [3.63, 3.8) is 0 Å². The normalized spacial score (nSPS) is 12.6. The van der Waals surface area contributed by atoms with Crippen molar-refractivity contribution < 1.29 is 13.7 Å². The first-order chi connectivity index (χ1) is 9.34. The summed E-state index contributed by atoms with van der Waals surface area (Å²) in [5.41, 5.74) is 0.441. The first kappa shape index (κ1) is 16.5. The van der Waals surface area contributed by atoms with Gasteiger partial charge in [0, 0.05) is 16.7 Å². The van der Waals surface area contributed by atoms with Gasteiger partial charge in [-0.15, -0.1) is 0 Å². The smallest absolute Gasteiger partial charge is 0.161 e. The standard InChI is InChI=1S/C15H21NO3S/c1-11-8-12(18-4)13(19-5)9-14(11)20(17)7-6-15(2,3)10-16/h8-9H,6-7H2,1-5H3/t20-/m0/s1. The first-order valence-electron chi connectivity index (χ1n) is 6.37. The number of ether oxygens (including phenoxy) is 2. The molecule has 0 saturated carbocycles. The van der Waals surface area contributed by atoms with Gasteiger partial charge in [0.2, 0.25) is 0 Å². The summed E-state index contributed by atoms with van der Waals surface area (Å²) in [6.45, 7) is 5.60. The summed E-state index contributed by atoms with van der Waals surface area (Å²) in [4.78, 5) is 0.733. The van der Waals surface area contributed by atoms with Crippen molar-refractivity contribution in [2.75, 3.05) is 20.0 Å². The zero-order valence-corrected chi connectivity index (χ0v) is 13.5. The molecule has 20 heavy (non-hydrogen) atoms. The molecule has 0 fully saturated rings. The van der Waals surface area contributed by atoms with Crippen LogP contribution in [0.2, 0.25) is 0 Å². The third-order valence-corrected chi connectivity index (χ3v) is 4.65. The Labute approximate surface area is 123 Å². The number of methoxy groups -OCH3 is 2. The Hall–Kier alpha value is -1.54. The SMILES string of the molecule is COc1cc(C)c([S@@](=O)CCC(C)(C)C#N)cc1OC. The molecule has 1 aromatic rings. The fraction of sp³-hybridized carbons (Fsp3) is 0.533. The minimum absolute atomic E-state index is 0.455. The van der Waals surface area contributed by atoms with E-state index in [-0.39, 0.29) is 0 Å². The van der Waals surface area contributed by atoms with Crippen molar-refractivity contribution in [1.29, 1.82) is 5.26 Å². The Balaban J connectivity index is 2.97. The highest BCUT2D eigenvalue weighted by Gasteiger charge is 2.20. The number of rotatable bonds is 6. The predicted octanol–water partition coefficient (Wildman–Crippen LogP) is 3.06. The Kier molecular flexibility index (Phi) is 5.58. The van der Waals surface area contributed by atoms with Crippen LogP contribution in [0.25, 0.3) is 0 Å². The number of hydrogen-bond acceptors (Lipinski definition) is 4. The van der Waals surface area contributed by atoms with E-state index in [4.69, 9.17) is 14.7 Å². The molecule has 0 amide bonds. The van der Waals surface area contributed by atoms with Gasteiger partial charge in [0.05, 0.1) is 36.5 Å². The zero-order chi connectivity index (χ0) is 15.3. The van der Waals surface area contributed by atoms with E-state index in [1.54, 1.807) is 20.3 Å². The van der Waals surface area contributed by atoms with Gasteiger partial charge in [0.15, 0.2) is 11.5 Å². The lowest BCUT2D eigenvalue weighted by atomic mass is 9.93. The summed E-state index contributed by atoms with van der Waals surface area (Å²) >= 11 is 0. The number of nitrogens with zero attached hydrogens (tertiary/aromatic N) is 1. The summed E-state index contributed by atoms with van der Waals surface area (Å²) in [5.74, 6) is 1.65. The summed E-state index contributed by atoms with van der Waals surface area (Å²) in [6, 6.07) is 5.80. The molecule has 0 spiro atoms. The summed E-state index contributed by atoms with van der Waals surface area (Å²) in [7, 11) is 1.98. The van der Waals surface area contributed by atoms with Crippen molar-refractivity contribution in [3.8, 4) is 17.6 Å². The Morgan fingerprint density at radius 2 is 1.80 bits per heavy atom. The van der Waals surface area contributed by atoms with E-state index >= 15 is 0 Å². The molecule has 0 unspecified atom stereocenters. The van der Waals surface area contributed by atoms with E-state index < -0.39 is 16.2 Å². The van der Waals surface area contributed by atoms with Gasteiger partial charge in [-0.1, -0.05) is 0 Å². The highest BCUT2D eigenvalue weighted by molar-refractivity contribution is 7.85. The monoisotopic (exact) mass is 295 g/mol. The fourth-order valence-corrected chi connectivity index (χ4v) is 3.29. The molecular formula is C15H21NO3S. The number of aryl methyl sites for hydroxylation is 1. The van der Waals surface area contributed by atoms with Gasteiger partial charge in [-0.3, -0.25) is 4.21 Å². The van der Waals surface area contributed by atoms with Gasteiger partial charge in [0.1, 0.15) is 0 Å². The van der Waals surface area contributed by atoms with Crippen molar-refractivity contribution in [2.24, 2.45) is 5.41 Å². The molecule has 1 aromatic carbocycles. The predicted molar refractivity (Wildman–Crippen MR) is 79.6 cm³/mol. The molecule has 0 bridgehead atoms. The molecule has 1 atom stereocenters. The molecule has 0 aromatic heterocycles. The number of hydrogen-bond donors (Lipinski definition) is 0. The molecule has 0 radical (unpaired) electrons. The maximum atomic E-state index is 12.4. The van der Waals surface area contributed by atoms with E-state index in [0.29, 0.717) is 23.7 Å². The van der Waals surface area contributed by atoms with Gasteiger partial charge in [-0.05, 0) is 38.8 Å². The molecule has 0 aliphatic carbocycles. The lowest BCUT2D eigenvalue weighted by Gasteiger charge is -2.16. The maximum Gasteiger partial charge on any atom is 0.161 e. The van der Waals surface area contributed by atoms with E-state index in [0.717, 1.165) is 10.5 Å². The molecule has 4 nitrogen and oxygen atoms in total. The van der Waals surface area contributed by atoms with Gasteiger partial charge in [-0.25, -0.2) is 0 Å². The average Bonchev–Trinajstić information content (AvgIpc) is 2.44. The molecule has 5 heteroatoms. The largest absolute Gasteiger partial charge is 0.493 e. The summed E-state index contributed by atoms with van der Waals surface area (Å²) < 4.78 is 22.9. The number of nitriles is 1. The van der Waals surface area contributed by atoms with Crippen molar-refractivity contribution in [3.05, 3.63) is 17.7 Å². The van der Waals surface area contributed by atoms with Crippen LogP contribution in [0.15, 0.2) is 17.0 Å². The maximum absolute atomic E-state index is 12.4. The quantitative estimate of drug-likeness (QED) is 0.809. The van der Waals surface area contributed by atoms with Crippen LogP contribution >= 0.6 is 0 Å². The van der Waals surface area contributed by atoms with Crippen LogP contribution in [0.4, 0.5) is 0 Å². The molecular weight excluding hydrogens is 274 g/mol. The van der Waals surface area contributed by atoms with Crippen LogP contribution < -0.4 is 9.47 Å². The van der Waals surface area contributed by atoms with Gasteiger partial charge < -0.3 is 9.47 Å². The molecule has 1 rings (SSSR count). The van der Waals surface area contributed by atoms with Gasteiger partial charge >= 0.3 is 0 Å². The topological polar surface area (TPSA) is 59.3 Å². The van der Waals surface area contributed by atoms with Crippen molar-refractivity contribution in [1.82, 2.24) is 0 Å². The third kappa shape index (κ3) is 3.97. The second-order valence-corrected chi connectivity index (χ2v) is 6.81. The molecule has 0 N–H and O–H groups in total. The third-order valence-electron chi connectivity index (χ3n) is 3.14.